The fraction of sp³-hybridized carbons (Fsp3) is 0.273. The van der Waals surface area contributed by atoms with E-state index >= 15 is 0 Å². The molecule has 1 aromatic carbocycles. The number of alkyl halides is 1. The number of carboxylic acid groups (broad SMARTS) is 1. The fourth-order valence-electron chi connectivity index (χ4n) is 1.26. The Labute approximate surface area is 92.7 Å². The molecule has 0 saturated carbocycles. The normalized spacial score (nSPS) is 10.0. The first-order valence-corrected chi connectivity index (χ1v) is 5.03. The van der Waals surface area contributed by atoms with Crippen LogP contribution < -0.4 is 0 Å². The van der Waals surface area contributed by atoms with E-state index in [1.54, 1.807) is 19.1 Å². The summed E-state index contributed by atoms with van der Waals surface area (Å²) in [5, 5.41) is 8.86. The lowest BCUT2D eigenvalue weighted by Crippen LogP contribution is -2.05. The molecule has 3 nitrogen and oxygen atoms in total. The second kappa shape index (κ2) is 4.94. The fourth-order valence-corrected chi connectivity index (χ4v) is 1.43. The summed E-state index contributed by atoms with van der Waals surface area (Å²) >= 11 is 5.44. The Bertz CT molecular complexity index is 399. The molecule has 0 aliphatic rings. The maximum Gasteiger partial charge on any atom is 0.335 e. The lowest BCUT2D eigenvalue weighted by Gasteiger charge is -2.03. The first-order chi connectivity index (χ1) is 7.06. The lowest BCUT2D eigenvalue weighted by atomic mass is 10.0. The molecule has 0 aliphatic heterocycles. The van der Waals surface area contributed by atoms with E-state index in [9.17, 15) is 9.59 Å². The number of aromatic carboxylic acids is 1. The van der Waals surface area contributed by atoms with Gasteiger partial charge in [0.1, 0.15) is 0 Å². The summed E-state index contributed by atoms with van der Waals surface area (Å²) in [4.78, 5) is 22.3. The summed E-state index contributed by atoms with van der Waals surface area (Å²) < 4.78 is 0. The monoisotopic (exact) mass is 226 g/mol. The molecule has 0 heterocycles. The number of carboxylic acids is 1. The number of benzene rings is 1. The Morgan fingerprint density at radius 1 is 1.40 bits per heavy atom. The van der Waals surface area contributed by atoms with E-state index in [2.05, 4.69) is 0 Å². The molecule has 1 rings (SSSR count). The third-order valence-electron chi connectivity index (χ3n) is 2.11. The molecule has 0 fully saturated rings. The number of hydrogen-bond donors (Lipinski definition) is 1. The van der Waals surface area contributed by atoms with Crippen LogP contribution in [0.25, 0.3) is 0 Å². The van der Waals surface area contributed by atoms with Crippen LogP contribution in [0.4, 0.5) is 0 Å². The predicted molar refractivity (Wildman–Crippen MR) is 57.8 cm³/mol. The minimum Gasteiger partial charge on any atom is -0.478 e. The third kappa shape index (κ3) is 2.80. The van der Waals surface area contributed by atoms with Gasteiger partial charge in [-0.1, -0.05) is 12.1 Å². The first kappa shape index (κ1) is 11.7. The first-order valence-electron chi connectivity index (χ1n) is 4.49. The van der Waals surface area contributed by atoms with Crippen molar-refractivity contribution in [3.8, 4) is 0 Å². The number of aryl methyl sites for hydroxylation is 1. The van der Waals surface area contributed by atoms with Crippen LogP contribution >= 0.6 is 11.6 Å². The van der Waals surface area contributed by atoms with Crippen molar-refractivity contribution in [3.05, 3.63) is 34.9 Å². The predicted octanol–water partition coefficient (Wildman–Crippen LogP) is 2.50. The summed E-state index contributed by atoms with van der Waals surface area (Å²) in [6, 6.07) is 4.65. The van der Waals surface area contributed by atoms with Crippen molar-refractivity contribution in [2.45, 2.75) is 13.3 Å². The zero-order chi connectivity index (χ0) is 11.4. The summed E-state index contributed by atoms with van der Waals surface area (Å²) in [6.45, 7) is 1.69. The van der Waals surface area contributed by atoms with E-state index in [0.717, 1.165) is 0 Å². The summed E-state index contributed by atoms with van der Waals surface area (Å²) in [5.41, 5.74) is 1.21. The molecule has 15 heavy (non-hydrogen) atoms. The number of carbonyl (C=O) groups excluding carboxylic acids is 1. The highest BCUT2D eigenvalue weighted by molar-refractivity contribution is 6.19. The van der Waals surface area contributed by atoms with Crippen molar-refractivity contribution in [1.82, 2.24) is 0 Å². The second-order valence-electron chi connectivity index (χ2n) is 3.20. The van der Waals surface area contributed by atoms with Crippen LogP contribution in [-0.4, -0.2) is 22.7 Å². The van der Waals surface area contributed by atoms with Gasteiger partial charge in [-0.05, 0) is 18.6 Å². The quantitative estimate of drug-likeness (QED) is 0.634. The molecule has 0 bridgehead atoms. The van der Waals surface area contributed by atoms with Gasteiger partial charge in [-0.15, -0.1) is 11.6 Å². The van der Waals surface area contributed by atoms with Crippen molar-refractivity contribution in [2.75, 3.05) is 5.88 Å². The smallest absolute Gasteiger partial charge is 0.335 e. The van der Waals surface area contributed by atoms with E-state index in [0.29, 0.717) is 11.1 Å². The van der Waals surface area contributed by atoms with E-state index in [1.165, 1.54) is 6.07 Å². The number of carbonyl (C=O) groups is 2. The number of rotatable bonds is 4. The molecule has 80 valence electrons. The molecule has 0 atom stereocenters. The van der Waals surface area contributed by atoms with Gasteiger partial charge < -0.3 is 5.11 Å². The average molecular weight is 227 g/mol. The SMILES string of the molecule is Cc1ccc(C(=O)CCCl)cc1C(=O)O. The van der Waals surface area contributed by atoms with Gasteiger partial charge in [-0.3, -0.25) is 4.79 Å². The number of Topliss-reactive ketones (excluding diaryl/α,β-unsaturated/α-hetero) is 1. The van der Waals surface area contributed by atoms with Crippen molar-refractivity contribution in [1.29, 1.82) is 0 Å². The average Bonchev–Trinajstić information content (AvgIpc) is 2.18. The van der Waals surface area contributed by atoms with Crippen molar-refractivity contribution >= 4 is 23.4 Å². The molecule has 0 aliphatic carbocycles. The minimum atomic E-state index is -1.02. The van der Waals surface area contributed by atoms with E-state index in [4.69, 9.17) is 16.7 Å². The Morgan fingerprint density at radius 2 is 2.07 bits per heavy atom. The highest BCUT2D eigenvalue weighted by Gasteiger charge is 2.11. The molecule has 0 spiro atoms. The zero-order valence-electron chi connectivity index (χ0n) is 8.29. The van der Waals surface area contributed by atoms with Crippen LogP contribution in [0.15, 0.2) is 18.2 Å². The molecule has 0 saturated heterocycles. The van der Waals surface area contributed by atoms with Crippen molar-refractivity contribution in [3.63, 3.8) is 0 Å². The summed E-state index contributed by atoms with van der Waals surface area (Å²) in [5.74, 6) is -0.907. The molecular formula is C11H11ClO3. The third-order valence-corrected chi connectivity index (χ3v) is 2.30. The largest absolute Gasteiger partial charge is 0.478 e. The maximum absolute atomic E-state index is 11.5. The number of halogens is 1. The van der Waals surface area contributed by atoms with Crippen LogP contribution in [-0.2, 0) is 0 Å². The molecule has 0 aromatic heterocycles. The van der Waals surface area contributed by atoms with Crippen LogP contribution in [0.2, 0.25) is 0 Å². The van der Waals surface area contributed by atoms with Gasteiger partial charge in [-0.25, -0.2) is 4.79 Å². The minimum absolute atomic E-state index is 0.132. The van der Waals surface area contributed by atoms with E-state index < -0.39 is 5.97 Å². The summed E-state index contributed by atoms with van der Waals surface area (Å²) in [6.07, 6.45) is 0.226. The standard InChI is InChI=1S/C11H11ClO3/c1-7-2-3-8(10(13)4-5-12)6-9(7)11(14)15/h2-3,6H,4-5H2,1H3,(H,14,15). The van der Waals surface area contributed by atoms with Crippen LogP contribution in [0.3, 0.4) is 0 Å². The van der Waals surface area contributed by atoms with Gasteiger partial charge in [0.05, 0.1) is 5.56 Å². The van der Waals surface area contributed by atoms with Crippen LogP contribution in [0.5, 0.6) is 0 Å². The number of ketones is 1. The zero-order valence-corrected chi connectivity index (χ0v) is 9.04. The molecule has 4 heteroatoms. The number of hydrogen-bond acceptors (Lipinski definition) is 2. The Balaban J connectivity index is 3.07. The van der Waals surface area contributed by atoms with Crippen LogP contribution in [0, 0.1) is 6.92 Å². The lowest BCUT2D eigenvalue weighted by molar-refractivity contribution is 0.0696. The van der Waals surface area contributed by atoms with E-state index in [-0.39, 0.29) is 23.6 Å². The second-order valence-corrected chi connectivity index (χ2v) is 3.57. The van der Waals surface area contributed by atoms with Gasteiger partial charge in [-0.2, -0.15) is 0 Å². The van der Waals surface area contributed by atoms with E-state index in [1.807, 2.05) is 0 Å². The highest BCUT2D eigenvalue weighted by atomic mass is 35.5. The molecule has 1 aromatic rings. The Morgan fingerprint density at radius 3 is 2.60 bits per heavy atom. The van der Waals surface area contributed by atoms with Crippen LogP contribution in [0.1, 0.15) is 32.7 Å². The molecule has 1 N–H and O–H groups in total. The van der Waals surface area contributed by atoms with Crippen molar-refractivity contribution in [2.24, 2.45) is 0 Å². The van der Waals surface area contributed by atoms with Gasteiger partial charge in [0, 0.05) is 17.9 Å². The molecule has 0 unspecified atom stereocenters. The maximum atomic E-state index is 11.5. The topological polar surface area (TPSA) is 54.4 Å². The van der Waals surface area contributed by atoms with Gasteiger partial charge in [0.15, 0.2) is 5.78 Å². The molecule has 0 amide bonds. The highest BCUT2D eigenvalue weighted by Crippen LogP contribution is 2.13. The van der Waals surface area contributed by atoms with Gasteiger partial charge in [0.25, 0.3) is 0 Å². The van der Waals surface area contributed by atoms with Crippen molar-refractivity contribution < 1.29 is 14.7 Å². The Kier molecular flexibility index (Phi) is 3.86. The van der Waals surface area contributed by atoms with Gasteiger partial charge in [0.2, 0.25) is 0 Å². The van der Waals surface area contributed by atoms with Gasteiger partial charge >= 0.3 is 5.97 Å². The molecular weight excluding hydrogens is 216 g/mol. The Hall–Kier alpha value is -1.35. The molecule has 0 radical (unpaired) electrons. The summed E-state index contributed by atoms with van der Waals surface area (Å²) in [7, 11) is 0.